The maximum absolute atomic E-state index is 12.9. The second-order valence-electron chi connectivity index (χ2n) is 9.36. The van der Waals surface area contributed by atoms with Gasteiger partial charge in [0.25, 0.3) is 5.69 Å². The first-order chi connectivity index (χ1) is 13.9. The number of non-ortho nitro benzene ring substituents is 1. The summed E-state index contributed by atoms with van der Waals surface area (Å²) in [6, 6.07) is 13.0. The third-order valence-electron chi connectivity index (χ3n) is 4.46. The van der Waals surface area contributed by atoms with Crippen LogP contribution in [-0.2, 0) is 9.53 Å². The van der Waals surface area contributed by atoms with Crippen molar-refractivity contribution in [3.05, 3.63) is 64.2 Å². The molecule has 7 heteroatoms. The lowest BCUT2D eigenvalue weighted by molar-refractivity contribution is -0.384. The molecule has 2 aromatic rings. The lowest BCUT2D eigenvalue weighted by Gasteiger charge is -2.24. The monoisotopic (exact) mass is 412 g/mol. The molecular weight excluding hydrogens is 384 g/mol. The molecule has 30 heavy (non-hydrogen) atoms. The van der Waals surface area contributed by atoms with Crippen LogP contribution in [0.15, 0.2) is 48.5 Å². The summed E-state index contributed by atoms with van der Waals surface area (Å²) in [4.78, 5) is 25.4. The van der Waals surface area contributed by atoms with Crippen LogP contribution < -0.4 is 9.64 Å². The molecule has 0 N–H and O–H groups in total. The average Bonchev–Trinajstić information content (AvgIpc) is 3.35. The molecular formula is C23H28N2O5. The minimum absolute atomic E-state index is 0.0104. The number of rotatable bonds is 5. The van der Waals surface area contributed by atoms with Crippen LogP contribution in [0, 0.1) is 10.1 Å². The summed E-state index contributed by atoms with van der Waals surface area (Å²) in [5.41, 5.74) is 0.577. The van der Waals surface area contributed by atoms with Gasteiger partial charge in [0.1, 0.15) is 17.0 Å². The van der Waals surface area contributed by atoms with Gasteiger partial charge in [-0.3, -0.25) is 10.1 Å². The molecule has 1 aliphatic heterocycles. The summed E-state index contributed by atoms with van der Waals surface area (Å²) in [5, 5.41) is 11.0. The second kappa shape index (κ2) is 7.63. The van der Waals surface area contributed by atoms with E-state index in [1.54, 1.807) is 12.1 Å². The Labute approximate surface area is 176 Å². The molecule has 2 aromatic carbocycles. The van der Waals surface area contributed by atoms with Crippen LogP contribution in [-0.4, -0.2) is 28.1 Å². The van der Waals surface area contributed by atoms with E-state index >= 15 is 0 Å². The number of benzene rings is 2. The third-order valence-corrected chi connectivity index (χ3v) is 4.46. The summed E-state index contributed by atoms with van der Waals surface area (Å²) >= 11 is 0. The molecule has 0 bridgehead atoms. The van der Waals surface area contributed by atoms with Crippen molar-refractivity contribution in [1.82, 2.24) is 0 Å². The lowest BCUT2D eigenvalue weighted by atomic mass is 10.1. The Balaban J connectivity index is 1.98. The summed E-state index contributed by atoms with van der Waals surface area (Å²) in [5.74, 6) is 0.333. The molecule has 0 amide bonds. The molecule has 0 saturated carbocycles. The highest BCUT2D eigenvalue weighted by Gasteiger charge is 2.56. The fourth-order valence-electron chi connectivity index (χ4n) is 3.36. The van der Waals surface area contributed by atoms with Crippen LogP contribution in [0.2, 0.25) is 0 Å². The van der Waals surface area contributed by atoms with Crippen molar-refractivity contribution < 1.29 is 19.2 Å². The van der Waals surface area contributed by atoms with Crippen molar-refractivity contribution in [3.8, 4) is 5.75 Å². The van der Waals surface area contributed by atoms with Gasteiger partial charge in [-0.05, 0) is 59.2 Å². The van der Waals surface area contributed by atoms with Crippen LogP contribution in [0.4, 0.5) is 11.4 Å². The van der Waals surface area contributed by atoms with Crippen molar-refractivity contribution in [3.63, 3.8) is 0 Å². The second-order valence-corrected chi connectivity index (χ2v) is 9.36. The van der Waals surface area contributed by atoms with Gasteiger partial charge >= 0.3 is 5.97 Å². The molecule has 7 nitrogen and oxygen atoms in total. The van der Waals surface area contributed by atoms with Gasteiger partial charge in [0.05, 0.1) is 16.7 Å². The number of hydrogen-bond donors (Lipinski definition) is 0. The molecule has 2 atom stereocenters. The molecule has 160 valence electrons. The van der Waals surface area contributed by atoms with E-state index in [-0.39, 0.29) is 17.7 Å². The number of ether oxygens (including phenoxy) is 2. The van der Waals surface area contributed by atoms with Gasteiger partial charge in [0, 0.05) is 12.1 Å². The molecule has 1 aliphatic rings. The Bertz CT molecular complexity index is 941. The maximum atomic E-state index is 12.9. The Morgan fingerprint density at radius 3 is 2.10 bits per heavy atom. The van der Waals surface area contributed by atoms with Crippen molar-refractivity contribution in [2.45, 2.75) is 64.8 Å². The van der Waals surface area contributed by atoms with Gasteiger partial charge in [0.15, 0.2) is 6.04 Å². The highest BCUT2D eigenvalue weighted by molar-refractivity contribution is 5.90. The Kier molecular flexibility index (Phi) is 5.50. The highest BCUT2D eigenvalue weighted by Crippen LogP contribution is 2.51. The maximum Gasteiger partial charge on any atom is 0.331 e. The first-order valence-corrected chi connectivity index (χ1v) is 9.91. The Hall–Kier alpha value is -3.09. The van der Waals surface area contributed by atoms with Crippen molar-refractivity contribution >= 4 is 17.3 Å². The largest absolute Gasteiger partial charge is 0.486 e. The molecule has 0 unspecified atom stereocenters. The number of esters is 1. The number of para-hydroxylation sites is 2. The summed E-state index contributed by atoms with van der Waals surface area (Å²) in [6.45, 7) is 11.4. The highest BCUT2D eigenvalue weighted by atomic mass is 16.6. The zero-order valence-electron chi connectivity index (χ0n) is 18.2. The normalized spacial score (nSPS) is 18.7. The van der Waals surface area contributed by atoms with Crippen molar-refractivity contribution in [2.24, 2.45) is 0 Å². The third kappa shape index (κ3) is 4.90. The van der Waals surface area contributed by atoms with E-state index < -0.39 is 22.2 Å². The average molecular weight is 412 g/mol. The number of anilines is 1. The fourth-order valence-corrected chi connectivity index (χ4v) is 3.36. The van der Waals surface area contributed by atoms with Gasteiger partial charge in [-0.25, -0.2) is 4.79 Å². The summed E-state index contributed by atoms with van der Waals surface area (Å²) < 4.78 is 11.8. The molecule has 1 heterocycles. The van der Waals surface area contributed by atoms with E-state index in [4.69, 9.17) is 9.47 Å². The number of carbonyl (C=O) groups is 1. The van der Waals surface area contributed by atoms with E-state index in [9.17, 15) is 14.9 Å². The molecule has 3 rings (SSSR count). The van der Waals surface area contributed by atoms with Crippen LogP contribution in [0.25, 0.3) is 0 Å². The fraction of sp³-hybridized carbons (Fsp3) is 0.435. The van der Waals surface area contributed by atoms with Gasteiger partial charge < -0.3 is 14.4 Å². The molecule has 0 spiro atoms. The molecule has 0 aromatic heterocycles. The van der Waals surface area contributed by atoms with Crippen LogP contribution >= 0.6 is 0 Å². The quantitative estimate of drug-likeness (QED) is 0.296. The Morgan fingerprint density at radius 2 is 1.57 bits per heavy atom. The first kappa shape index (κ1) is 21.6. The Morgan fingerprint density at radius 1 is 0.967 bits per heavy atom. The standard InChI is InChI=1S/C23H28N2O5/c1-22(2,3)29-18-10-8-7-9-17(18)24-19(20(24)21(26)30-23(4,5)6)15-11-13-16(14-12-15)25(27)28/h7-14,19-20H,1-6H3/t19-,20-,24?/m1/s1. The van der Waals surface area contributed by atoms with E-state index in [0.29, 0.717) is 5.75 Å². The van der Waals surface area contributed by atoms with Crippen LogP contribution in [0.1, 0.15) is 53.1 Å². The van der Waals surface area contributed by atoms with Gasteiger partial charge in [-0.1, -0.05) is 24.3 Å². The van der Waals surface area contributed by atoms with Gasteiger partial charge in [-0.2, -0.15) is 0 Å². The van der Waals surface area contributed by atoms with Gasteiger partial charge in [-0.15, -0.1) is 0 Å². The smallest absolute Gasteiger partial charge is 0.331 e. The zero-order chi connectivity index (χ0) is 22.3. The minimum atomic E-state index is -0.618. The van der Waals surface area contributed by atoms with E-state index in [1.165, 1.54) is 12.1 Å². The van der Waals surface area contributed by atoms with Crippen molar-refractivity contribution in [2.75, 3.05) is 4.90 Å². The predicted octanol–water partition coefficient (Wildman–Crippen LogP) is 5.04. The van der Waals surface area contributed by atoms with Crippen molar-refractivity contribution in [1.29, 1.82) is 0 Å². The number of nitro benzene ring substituents is 1. The summed E-state index contributed by atoms with van der Waals surface area (Å²) in [6.07, 6.45) is 0. The van der Waals surface area contributed by atoms with Crippen LogP contribution in [0.5, 0.6) is 5.75 Å². The predicted molar refractivity (Wildman–Crippen MR) is 115 cm³/mol. The topological polar surface area (TPSA) is 81.7 Å². The molecule has 1 fully saturated rings. The van der Waals surface area contributed by atoms with Gasteiger partial charge in [0.2, 0.25) is 0 Å². The SMILES string of the molecule is CC(C)(C)OC(=O)[C@H]1[C@@H](c2ccc([N+](=O)[O-])cc2)N1c1ccccc1OC(C)(C)C. The molecule has 1 saturated heterocycles. The summed E-state index contributed by atoms with van der Waals surface area (Å²) in [7, 11) is 0. The van der Waals surface area contributed by atoms with Crippen LogP contribution in [0.3, 0.4) is 0 Å². The number of nitrogens with zero attached hydrogens (tertiary/aromatic N) is 2. The molecule has 0 aliphatic carbocycles. The first-order valence-electron chi connectivity index (χ1n) is 9.91. The van der Waals surface area contributed by atoms with E-state index in [0.717, 1.165) is 11.3 Å². The number of hydrogen-bond acceptors (Lipinski definition) is 6. The molecule has 0 radical (unpaired) electrons. The van der Waals surface area contributed by atoms with E-state index in [2.05, 4.69) is 0 Å². The van der Waals surface area contributed by atoms with E-state index in [1.807, 2.05) is 70.7 Å². The zero-order valence-corrected chi connectivity index (χ0v) is 18.2. The minimum Gasteiger partial charge on any atom is -0.486 e. The lowest BCUT2D eigenvalue weighted by Crippen LogP contribution is -2.28. The number of carbonyl (C=O) groups excluding carboxylic acids is 1. The number of nitro groups is 1.